The number of para-hydroxylation sites is 1. The predicted molar refractivity (Wildman–Crippen MR) is 94.8 cm³/mol. The number of halogens is 1. The van der Waals surface area contributed by atoms with Crippen molar-refractivity contribution in [3.63, 3.8) is 0 Å². The molecule has 0 saturated carbocycles. The average molecular weight is 360 g/mol. The Balaban J connectivity index is 1.66. The topological polar surface area (TPSA) is 36.9 Å². The van der Waals surface area contributed by atoms with E-state index in [2.05, 4.69) is 49.6 Å². The molecule has 0 aromatic heterocycles. The number of ether oxygens (including phenoxy) is 1. The summed E-state index contributed by atoms with van der Waals surface area (Å²) in [6.45, 7) is 3.47. The van der Waals surface area contributed by atoms with Crippen LogP contribution in [-0.2, 0) is 4.74 Å². The van der Waals surface area contributed by atoms with Gasteiger partial charge in [-0.05, 0) is 24.3 Å². The molecule has 0 aliphatic carbocycles. The van der Waals surface area contributed by atoms with Gasteiger partial charge in [-0.3, -0.25) is 5.43 Å². The van der Waals surface area contributed by atoms with Crippen LogP contribution in [0.5, 0.6) is 0 Å². The minimum atomic E-state index is 0.793. The number of hydrogen-bond acceptors (Lipinski definition) is 4. The zero-order valence-electron chi connectivity index (χ0n) is 12.2. The number of nitrogens with zero attached hydrogens (tertiary/aromatic N) is 2. The van der Waals surface area contributed by atoms with Gasteiger partial charge in [0, 0.05) is 28.8 Å². The molecule has 114 valence electrons. The van der Waals surface area contributed by atoms with Gasteiger partial charge in [0.25, 0.3) is 0 Å². The molecule has 1 heterocycles. The summed E-state index contributed by atoms with van der Waals surface area (Å²) < 4.78 is 6.42. The lowest BCUT2D eigenvalue weighted by atomic mass is 10.2. The first-order chi connectivity index (χ1) is 10.8. The highest BCUT2D eigenvalue weighted by molar-refractivity contribution is 9.10. The first-order valence-corrected chi connectivity index (χ1v) is 8.08. The van der Waals surface area contributed by atoms with E-state index in [1.807, 2.05) is 36.5 Å². The van der Waals surface area contributed by atoms with Crippen molar-refractivity contribution in [2.45, 2.75) is 0 Å². The van der Waals surface area contributed by atoms with Crippen LogP contribution in [-0.4, -0.2) is 32.5 Å². The molecule has 1 aliphatic heterocycles. The molecular formula is C17H18BrN3O. The van der Waals surface area contributed by atoms with Crippen molar-refractivity contribution >= 4 is 33.5 Å². The highest BCUT2D eigenvalue weighted by Crippen LogP contribution is 2.24. The van der Waals surface area contributed by atoms with E-state index >= 15 is 0 Å². The highest BCUT2D eigenvalue weighted by Gasteiger charge is 2.11. The SMILES string of the molecule is Brc1cc(N2CCOCC2)ccc1C=NNc1ccccc1. The number of nitrogens with one attached hydrogen (secondary N) is 1. The summed E-state index contributed by atoms with van der Waals surface area (Å²) in [4.78, 5) is 2.33. The summed E-state index contributed by atoms with van der Waals surface area (Å²) in [5.41, 5.74) is 6.25. The third kappa shape index (κ3) is 3.87. The maximum atomic E-state index is 5.39. The van der Waals surface area contributed by atoms with E-state index in [1.54, 1.807) is 0 Å². The van der Waals surface area contributed by atoms with Gasteiger partial charge < -0.3 is 9.64 Å². The summed E-state index contributed by atoms with van der Waals surface area (Å²) in [5, 5.41) is 4.28. The number of hydrazone groups is 1. The molecule has 0 spiro atoms. The third-order valence-corrected chi connectivity index (χ3v) is 4.22. The van der Waals surface area contributed by atoms with Gasteiger partial charge in [-0.25, -0.2) is 0 Å². The van der Waals surface area contributed by atoms with Crippen LogP contribution < -0.4 is 10.3 Å². The molecule has 1 saturated heterocycles. The van der Waals surface area contributed by atoms with Gasteiger partial charge in [-0.1, -0.05) is 40.2 Å². The summed E-state index contributed by atoms with van der Waals surface area (Å²) in [6, 6.07) is 16.2. The fraction of sp³-hybridized carbons (Fsp3) is 0.235. The molecule has 4 nitrogen and oxygen atoms in total. The predicted octanol–water partition coefficient (Wildman–Crippen LogP) is 3.73. The van der Waals surface area contributed by atoms with Crippen molar-refractivity contribution in [3.8, 4) is 0 Å². The van der Waals surface area contributed by atoms with E-state index in [1.165, 1.54) is 5.69 Å². The molecule has 2 aromatic rings. The van der Waals surface area contributed by atoms with Crippen LogP contribution in [0.15, 0.2) is 58.1 Å². The Hall–Kier alpha value is -1.85. The largest absolute Gasteiger partial charge is 0.378 e. The standard InChI is InChI=1S/C17H18BrN3O/c18-17-12-16(21-8-10-22-11-9-21)7-6-14(17)13-19-20-15-4-2-1-3-5-15/h1-7,12-13,20H,8-11H2. The lowest BCUT2D eigenvalue weighted by molar-refractivity contribution is 0.122. The van der Waals surface area contributed by atoms with Gasteiger partial charge >= 0.3 is 0 Å². The number of rotatable bonds is 4. The maximum Gasteiger partial charge on any atom is 0.0642 e. The third-order valence-electron chi connectivity index (χ3n) is 3.53. The second-order valence-electron chi connectivity index (χ2n) is 5.04. The zero-order valence-corrected chi connectivity index (χ0v) is 13.8. The van der Waals surface area contributed by atoms with Crippen LogP contribution in [0, 0.1) is 0 Å². The van der Waals surface area contributed by atoms with Crippen LogP contribution in [0.25, 0.3) is 0 Å². The second-order valence-corrected chi connectivity index (χ2v) is 5.90. The monoisotopic (exact) mass is 359 g/mol. The fourth-order valence-corrected chi connectivity index (χ4v) is 2.80. The molecule has 22 heavy (non-hydrogen) atoms. The Morgan fingerprint density at radius 2 is 1.86 bits per heavy atom. The molecule has 3 rings (SSSR count). The fourth-order valence-electron chi connectivity index (χ4n) is 2.33. The minimum absolute atomic E-state index is 0.793. The first-order valence-electron chi connectivity index (χ1n) is 7.29. The highest BCUT2D eigenvalue weighted by atomic mass is 79.9. The molecule has 0 amide bonds. The summed E-state index contributed by atoms with van der Waals surface area (Å²) in [7, 11) is 0. The van der Waals surface area contributed by atoms with E-state index in [9.17, 15) is 0 Å². The Labute approximate surface area is 138 Å². The van der Waals surface area contributed by atoms with Crippen molar-refractivity contribution in [1.82, 2.24) is 0 Å². The van der Waals surface area contributed by atoms with E-state index < -0.39 is 0 Å². The number of morpholine rings is 1. The Morgan fingerprint density at radius 1 is 1.09 bits per heavy atom. The summed E-state index contributed by atoms with van der Waals surface area (Å²) in [5.74, 6) is 0. The van der Waals surface area contributed by atoms with E-state index in [0.29, 0.717) is 0 Å². The Kier molecular flexibility index (Phi) is 5.08. The summed E-state index contributed by atoms with van der Waals surface area (Å²) in [6.07, 6.45) is 1.82. The molecule has 0 unspecified atom stereocenters. The molecule has 2 aromatic carbocycles. The first kappa shape index (κ1) is 15.1. The van der Waals surface area contributed by atoms with Gasteiger partial charge in [-0.15, -0.1) is 0 Å². The molecular weight excluding hydrogens is 342 g/mol. The van der Waals surface area contributed by atoms with Crippen molar-refractivity contribution in [2.75, 3.05) is 36.6 Å². The smallest absolute Gasteiger partial charge is 0.0642 e. The molecule has 0 radical (unpaired) electrons. The normalized spacial score (nSPS) is 15.2. The minimum Gasteiger partial charge on any atom is -0.378 e. The molecule has 0 atom stereocenters. The quantitative estimate of drug-likeness (QED) is 0.667. The van der Waals surface area contributed by atoms with E-state index in [-0.39, 0.29) is 0 Å². The van der Waals surface area contributed by atoms with Crippen LogP contribution in [0.4, 0.5) is 11.4 Å². The molecule has 0 bridgehead atoms. The zero-order chi connectivity index (χ0) is 15.2. The van der Waals surface area contributed by atoms with Gasteiger partial charge in [0.15, 0.2) is 0 Å². The average Bonchev–Trinajstić information content (AvgIpc) is 2.58. The number of benzene rings is 2. The van der Waals surface area contributed by atoms with Gasteiger partial charge in [0.1, 0.15) is 0 Å². The van der Waals surface area contributed by atoms with Crippen molar-refractivity contribution in [3.05, 3.63) is 58.6 Å². The van der Waals surface area contributed by atoms with Crippen LogP contribution in [0.3, 0.4) is 0 Å². The molecule has 1 aliphatic rings. The van der Waals surface area contributed by atoms with Gasteiger partial charge in [0.2, 0.25) is 0 Å². The van der Waals surface area contributed by atoms with Crippen LogP contribution in [0.2, 0.25) is 0 Å². The van der Waals surface area contributed by atoms with E-state index in [0.717, 1.165) is 42.0 Å². The van der Waals surface area contributed by atoms with Crippen molar-refractivity contribution in [2.24, 2.45) is 5.10 Å². The van der Waals surface area contributed by atoms with Gasteiger partial charge in [-0.2, -0.15) is 5.10 Å². The van der Waals surface area contributed by atoms with Crippen molar-refractivity contribution < 1.29 is 4.74 Å². The molecule has 5 heteroatoms. The summed E-state index contributed by atoms with van der Waals surface area (Å²) >= 11 is 3.62. The van der Waals surface area contributed by atoms with Crippen LogP contribution in [0.1, 0.15) is 5.56 Å². The van der Waals surface area contributed by atoms with E-state index in [4.69, 9.17) is 4.74 Å². The Bertz CT molecular complexity index is 640. The Morgan fingerprint density at radius 3 is 2.59 bits per heavy atom. The second kappa shape index (κ2) is 7.42. The lowest BCUT2D eigenvalue weighted by Gasteiger charge is -2.29. The van der Waals surface area contributed by atoms with Crippen molar-refractivity contribution in [1.29, 1.82) is 0 Å². The molecule has 1 N–H and O–H groups in total. The van der Waals surface area contributed by atoms with Gasteiger partial charge in [0.05, 0.1) is 25.1 Å². The molecule has 1 fully saturated rings. The maximum absolute atomic E-state index is 5.39. The number of hydrogen-bond donors (Lipinski definition) is 1. The van der Waals surface area contributed by atoms with Crippen LogP contribution >= 0.6 is 15.9 Å². The lowest BCUT2D eigenvalue weighted by Crippen LogP contribution is -2.36. The number of anilines is 2.